The topological polar surface area (TPSA) is 52.7 Å². The molecule has 1 heterocycles. The van der Waals surface area contributed by atoms with Crippen molar-refractivity contribution in [3.8, 4) is 0 Å². The molecule has 1 aliphatic carbocycles. The Kier molecular flexibility index (Phi) is 5.40. The summed E-state index contributed by atoms with van der Waals surface area (Å²) in [5.41, 5.74) is 0. The number of nitrogens with one attached hydrogen (secondary N) is 1. The number of hydrogen-bond acceptors (Lipinski definition) is 3. The van der Waals surface area contributed by atoms with Gasteiger partial charge in [-0.1, -0.05) is 19.3 Å². The van der Waals surface area contributed by atoms with Crippen molar-refractivity contribution in [1.29, 1.82) is 0 Å². The third-order valence-electron chi connectivity index (χ3n) is 4.82. The molecule has 5 nitrogen and oxygen atoms in total. The van der Waals surface area contributed by atoms with E-state index in [1.54, 1.807) is 14.1 Å². The van der Waals surface area contributed by atoms with E-state index in [0.29, 0.717) is 6.54 Å². The Morgan fingerprint density at radius 3 is 2.60 bits per heavy atom. The molecule has 1 saturated heterocycles. The average Bonchev–Trinajstić information content (AvgIpc) is 2.46. The van der Waals surface area contributed by atoms with Crippen molar-refractivity contribution in [1.82, 2.24) is 15.1 Å². The molecular weight excluding hydrogens is 254 g/mol. The lowest BCUT2D eigenvalue weighted by Gasteiger charge is -2.41. The van der Waals surface area contributed by atoms with Crippen molar-refractivity contribution in [2.75, 3.05) is 40.3 Å². The van der Waals surface area contributed by atoms with Gasteiger partial charge < -0.3 is 10.2 Å². The van der Waals surface area contributed by atoms with Gasteiger partial charge in [-0.25, -0.2) is 0 Å². The van der Waals surface area contributed by atoms with Gasteiger partial charge in [0.25, 0.3) is 0 Å². The number of fused-ring (bicyclic) bond motifs is 1. The highest BCUT2D eigenvalue weighted by molar-refractivity contribution is 5.85. The number of carbonyl (C=O) groups excluding carboxylic acids is 2. The SMILES string of the molecule is CNC(=O)CN(C)C(=O)CN1CC[C@H]2CCCC[C@@H]2C1. The molecule has 0 unspecified atom stereocenters. The van der Waals surface area contributed by atoms with E-state index in [2.05, 4.69) is 10.2 Å². The summed E-state index contributed by atoms with van der Waals surface area (Å²) in [7, 11) is 3.29. The Balaban J connectivity index is 1.78. The van der Waals surface area contributed by atoms with Crippen molar-refractivity contribution < 1.29 is 9.59 Å². The summed E-state index contributed by atoms with van der Waals surface area (Å²) in [4.78, 5) is 27.2. The highest BCUT2D eigenvalue weighted by Crippen LogP contribution is 2.35. The molecule has 1 saturated carbocycles. The summed E-state index contributed by atoms with van der Waals surface area (Å²) in [6.07, 6.45) is 6.66. The van der Waals surface area contributed by atoms with Crippen LogP contribution in [0.2, 0.25) is 0 Å². The van der Waals surface area contributed by atoms with Crippen molar-refractivity contribution in [3.05, 3.63) is 0 Å². The lowest BCUT2D eigenvalue weighted by Crippen LogP contribution is -2.47. The normalized spacial score (nSPS) is 26.7. The van der Waals surface area contributed by atoms with Crippen LogP contribution in [0.5, 0.6) is 0 Å². The fraction of sp³-hybridized carbons (Fsp3) is 0.867. The van der Waals surface area contributed by atoms with E-state index in [0.717, 1.165) is 24.9 Å². The second kappa shape index (κ2) is 7.07. The molecule has 0 radical (unpaired) electrons. The first-order valence-corrected chi connectivity index (χ1v) is 7.77. The fourth-order valence-electron chi connectivity index (χ4n) is 3.51. The maximum atomic E-state index is 12.1. The van der Waals surface area contributed by atoms with Crippen LogP contribution in [0.4, 0.5) is 0 Å². The number of rotatable bonds is 4. The van der Waals surface area contributed by atoms with Crippen LogP contribution in [0.15, 0.2) is 0 Å². The van der Waals surface area contributed by atoms with Gasteiger partial charge in [0, 0.05) is 20.6 Å². The van der Waals surface area contributed by atoms with Crippen molar-refractivity contribution >= 4 is 11.8 Å². The van der Waals surface area contributed by atoms with Crippen LogP contribution in [0.1, 0.15) is 32.1 Å². The Hall–Kier alpha value is -1.10. The average molecular weight is 281 g/mol. The first-order chi connectivity index (χ1) is 9.60. The predicted molar refractivity (Wildman–Crippen MR) is 78.2 cm³/mol. The first-order valence-electron chi connectivity index (χ1n) is 7.77. The molecule has 0 spiro atoms. The summed E-state index contributed by atoms with van der Waals surface area (Å²) in [5.74, 6) is 1.60. The Morgan fingerprint density at radius 2 is 1.90 bits per heavy atom. The molecule has 114 valence electrons. The monoisotopic (exact) mass is 281 g/mol. The largest absolute Gasteiger partial charge is 0.358 e. The van der Waals surface area contributed by atoms with Crippen LogP contribution in [-0.4, -0.2) is 61.9 Å². The smallest absolute Gasteiger partial charge is 0.239 e. The van der Waals surface area contributed by atoms with E-state index in [4.69, 9.17) is 0 Å². The van der Waals surface area contributed by atoms with Crippen LogP contribution in [0, 0.1) is 11.8 Å². The quantitative estimate of drug-likeness (QED) is 0.825. The molecule has 0 aromatic carbocycles. The highest BCUT2D eigenvalue weighted by atomic mass is 16.2. The van der Waals surface area contributed by atoms with E-state index in [9.17, 15) is 9.59 Å². The molecule has 0 aromatic heterocycles. The lowest BCUT2D eigenvalue weighted by atomic mass is 9.75. The zero-order valence-corrected chi connectivity index (χ0v) is 12.7. The number of nitrogens with zero attached hydrogens (tertiary/aromatic N) is 2. The molecule has 1 N–H and O–H groups in total. The molecule has 2 rings (SSSR count). The fourth-order valence-corrected chi connectivity index (χ4v) is 3.51. The minimum absolute atomic E-state index is 0.0443. The third-order valence-corrected chi connectivity index (χ3v) is 4.82. The van der Waals surface area contributed by atoms with Gasteiger partial charge in [-0.05, 0) is 31.2 Å². The summed E-state index contributed by atoms with van der Waals surface area (Å²) < 4.78 is 0. The summed E-state index contributed by atoms with van der Waals surface area (Å²) in [5, 5.41) is 2.55. The van der Waals surface area contributed by atoms with E-state index in [-0.39, 0.29) is 18.4 Å². The molecule has 0 bridgehead atoms. The lowest BCUT2D eigenvalue weighted by molar-refractivity contribution is -0.136. The van der Waals surface area contributed by atoms with Gasteiger partial charge in [-0.15, -0.1) is 0 Å². The second-order valence-electron chi connectivity index (χ2n) is 6.25. The molecule has 20 heavy (non-hydrogen) atoms. The number of amides is 2. The van der Waals surface area contributed by atoms with E-state index >= 15 is 0 Å². The van der Waals surface area contributed by atoms with Crippen molar-refractivity contribution in [2.24, 2.45) is 11.8 Å². The molecule has 2 amide bonds. The third kappa shape index (κ3) is 3.95. The molecular formula is C15H27N3O2. The second-order valence-corrected chi connectivity index (χ2v) is 6.25. The molecule has 2 fully saturated rings. The molecule has 5 heteroatoms. The van der Waals surface area contributed by atoms with E-state index in [1.807, 2.05) is 0 Å². The maximum absolute atomic E-state index is 12.1. The minimum atomic E-state index is -0.119. The zero-order valence-electron chi connectivity index (χ0n) is 12.7. The van der Waals surface area contributed by atoms with Crippen LogP contribution in [-0.2, 0) is 9.59 Å². The number of hydrogen-bond donors (Lipinski definition) is 1. The van der Waals surface area contributed by atoms with Crippen molar-refractivity contribution in [2.45, 2.75) is 32.1 Å². The molecule has 0 aromatic rings. The van der Waals surface area contributed by atoms with Gasteiger partial charge >= 0.3 is 0 Å². The van der Waals surface area contributed by atoms with Gasteiger partial charge in [-0.3, -0.25) is 14.5 Å². The Bertz CT molecular complexity index is 359. The Morgan fingerprint density at radius 1 is 1.20 bits per heavy atom. The van der Waals surface area contributed by atoms with Crippen LogP contribution in [0.3, 0.4) is 0 Å². The molecule has 2 atom stereocenters. The van der Waals surface area contributed by atoms with E-state index < -0.39 is 0 Å². The standard InChI is InChI=1S/C15H27N3O2/c1-16-14(19)10-17(2)15(20)11-18-8-7-12-5-3-4-6-13(12)9-18/h12-13H,3-11H2,1-2H3,(H,16,19)/t12-,13-/m1/s1. The van der Waals surface area contributed by atoms with Gasteiger partial charge in [0.15, 0.2) is 0 Å². The van der Waals surface area contributed by atoms with Gasteiger partial charge in [0.1, 0.15) is 0 Å². The number of piperidine rings is 1. The summed E-state index contributed by atoms with van der Waals surface area (Å²) in [6, 6.07) is 0. The molecule has 2 aliphatic rings. The van der Waals surface area contributed by atoms with Crippen LogP contribution in [0.25, 0.3) is 0 Å². The van der Waals surface area contributed by atoms with Gasteiger partial charge in [-0.2, -0.15) is 0 Å². The van der Waals surface area contributed by atoms with Crippen LogP contribution >= 0.6 is 0 Å². The van der Waals surface area contributed by atoms with E-state index in [1.165, 1.54) is 37.0 Å². The van der Waals surface area contributed by atoms with Crippen LogP contribution < -0.4 is 5.32 Å². The molecule has 1 aliphatic heterocycles. The summed E-state index contributed by atoms with van der Waals surface area (Å²) in [6.45, 7) is 2.69. The van der Waals surface area contributed by atoms with Gasteiger partial charge in [0.05, 0.1) is 13.1 Å². The minimum Gasteiger partial charge on any atom is -0.358 e. The maximum Gasteiger partial charge on any atom is 0.239 e. The van der Waals surface area contributed by atoms with Crippen molar-refractivity contribution in [3.63, 3.8) is 0 Å². The summed E-state index contributed by atoms with van der Waals surface area (Å²) >= 11 is 0. The predicted octanol–water partition coefficient (Wildman–Crippen LogP) is 0.703. The first kappa shape index (κ1) is 15.3. The zero-order chi connectivity index (χ0) is 14.5. The highest BCUT2D eigenvalue weighted by Gasteiger charge is 2.31. The van der Waals surface area contributed by atoms with Gasteiger partial charge in [0.2, 0.25) is 11.8 Å². The number of carbonyl (C=O) groups is 2. The Labute approximate surface area is 121 Å². The number of likely N-dealkylation sites (N-methyl/N-ethyl adjacent to an activating group) is 2. The number of likely N-dealkylation sites (tertiary alicyclic amines) is 1.